The van der Waals surface area contributed by atoms with Crippen molar-refractivity contribution in [3.63, 3.8) is 0 Å². The molecule has 0 saturated heterocycles. The number of ether oxygens (including phenoxy) is 1. The van der Waals surface area contributed by atoms with Crippen LogP contribution in [0.4, 0.5) is 5.69 Å². The van der Waals surface area contributed by atoms with Crippen molar-refractivity contribution in [2.24, 2.45) is 0 Å². The lowest BCUT2D eigenvalue weighted by molar-refractivity contribution is 0.414. The molecule has 0 radical (unpaired) electrons. The Labute approximate surface area is 110 Å². The zero-order valence-corrected chi connectivity index (χ0v) is 11.9. The number of fused-ring (bicyclic) bond motifs is 1. The minimum atomic E-state index is 0.556. The number of likely N-dealkylation sites (N-methyl/N-ethyl adjacent to an activating group) is 1. The fraction of sp³-hybridized carbons (Fsp3) is 0.600. The normalized spacial score (nSPS) is 19.8. The first-order valence-corrected chi connectivity index (χ1v) is 6.80. The molecule has 1 heterocycles. The Balaban J connectivity index is 2.19. The molecular weight excluding hydrogens is 224 g/mol. The molecule has 0 amide bonds. The number of rotatable bonds is 5. The lowest BCUT2D eigenvalue weighted by Gasteiger charge is -2.28. The average molecular weight is 248 g/mol. The average Bonchev–Trinajstić information content (AvgIpc) is 2.74. The van der Waals surface area contributed by atoms with E-state index in [4.69, 9.17) is 4.74 Å². The maximum absolute atomic E-state index is 5.31. The highest BCUT2D eigenvalue weighted by Crippen LogP contribution is 2.35. The molecule has 18 heavy (non-hydrogen) atoms. The summed E-state index contributed by atoms with van der Waals surface area (Å²) in [6.45, 7) is 5.55. The second-order valence-corrected chi connectivity index (χ2v) is 5.06. The maximum atomic E-state index is 5.31. The number of methoxy groups -OCH3 is 1. The van der Waals surface area contributed by atoms with Gasteiger partial charge in [0.25, 0.3) is 0 Å². The summed E-state index contributed by atoms with van der Waals surface area (Å²) in [5, 5.41) is 3.33. The Bertz CT molecular complexity index is 405. The zero-order valence-electron chi connectivity index (χ0n) is 11.9. The molecule has 0 aromatic heterocycles. The molecule has 1 aromatic rings. The summed E-state index contributed by atoms with van der Waals surface area (Å²) in [7, 11) is 3.76. The molecule has 1 N–H and O–H groups in total. The Hall–Kier alpha value is -1.22. The predicted molar refractivity (Wildman–Crippen MR) is 76.6 cm³/mol. The Morgan fingerprint density at radius 3 is 2.89 bits per heavy atom. The summed E-state index contributed by atoms with van der Waals surface area (Å²) in [6.07, 6.45) is 2.31. The van der Waals surface area contributed by atoms with Crippen molar-refractivity contribution in [1.82, 2.24) is 5.32 Å². The minimum absolute atomic E-state index is 0.556. The standard InChI is InChI=1S/C15H24N2O/c1-5-17-13(8-11(2)16-3)9-12-10-14(18-4)6-7-15(12)17/h6-7,10-11,13,16H,5,8-9H2,1-4H3. The van der Waals surface area contributed by atoms with E-state index in [-0.39, 0.29) is 0 Å². The van der Waals surface area contributed by atoms with Gasteiger partial charge in [-0.05, 0) is 57.5 Å². The van der Waals surface area contributed by atoms with Gasteiger partial charge in [-0.1, -0.05) is 0 Å². The number of hydrogen-bond acceptors (Lipinski definition) is 3. The summed E-state index contributed by atoms with van der Waals surface area (Å²) < 4.78 is 5.31. The third-order valence-corrected chi connectivity index (χ3v) is 3.95. The first-order valence-electron chi connectivity index (χ1n) is 6.80. The van der Waals surface area contributed by atoms with E-state index in [0.29, 0.717) is 12.1 Å². The number of hydrogen-bond donors (Lipinski definition) is 1. The van der Waals surface area contributed by atoms with Crippen LogP contribution in [0.3, 0.4) is 0 Å². The van der Waals surface area contributed by atoms with E-state index < -0.39 is 0 Å². The van der Waals surface area contributed by atoms with E-state index in [0.717, 1.165) is 18.7 Å². The van der Waals surface area contributed by atoms with Gasteiger partial charge in [0.2, 0.25) is 0 Å². The molecule has 0 aliphatic carbocycles. The van der Waals surface area contributed by atoms with Gasteiger partial charge < -0.3 is 15.0 Å². The van der Waals surface area contributed by atoms with E-state index in [1.54, 1.807) is 7.11 Å². The van der Waals surface area contributed by atoms with Crippen LogP contribution < -0.4 is 15.0 Å². The Kier molecular flexibility index (Phi) is 4.12. The zero-order chi connectivity index (χ0) is 13.1. The van der Waals surface area contributed by atoms with Crippen molar-refractivity contribution in [2.75, 3.05) is 25.6 Å². The van der Waals surface area contributed by atoms with Crippen LogP contribution in [-0.4, -0.2) is 32.8 Å². The summed E-state index contributed by atoms with van der Waals surface area (Å²) in [4.78, 5) is 2.52. The van der Waals surface area contributed by atoms with Crippen molar-refractivity contribution in [2.45, 2.75) is 38.8 Å². The fourth-order valence-electron chi connectivity index (χ4n) is 2.86. The lowest BCUT2D eigenvalue weighted by Crippen LogP contribution is -2.37. The molecule has 0 bridgehead atoms. The Morgan fingerprint density at radius 2 is 2.28 bits per heavy atom. The number of benzene rings is 1. The SMILES string of the molecule is CCN1c2ccc(OC)cc2CC1CC(C)NC. The molecule has 3 nitrogen and oxygen atoms in total. The molecule has 0 fully saturated rings. The van der Waals surface area contributed by atoms with Crippen LogP contribution in [0.15, 0.2) is 18.2 Å². The predicted octanol–water partition coefficient (Wildman–Crippen LogP) is 2.44. The second kappa shape index (κ2) is 5.61. The van der Waals surface area contributed by atoms with Gasteiger partial charge in [-0.25, -0.2) is 0 Å². The highest BCUT2D eigenvalue weighted by atomic mass is 16.5. The van der Waals surface area contributed by atoms with Gasteiger partial charge in [0.1, 0.15) is 5.75 Å². The molecule has 3 heteroatoms. The monoisotopic (exact) mass is 248 g/mol. The maximum Gasteiger partial charge on any atom is 0.119 e. The lowest BCUT2D eigenvalue weighted by atomic mass is 10.0. The fourth-order valence-corrected chi connectivity index (χ4v) is 2.86. The molecular formula is C15H24N2O. The molecule has 100 valence electrons. The van der Waals surface area contributed by atoms with Crippen molar-refractivity contribution in [3.8, 4) is 5.75 Å². The summed E-state index contributed by atoms with van der Waals surface area (Å²) >= 11 is 0. The van der Waals surface area contributed by atoms with E-state index >= 15 is 0 Å². The third-order valence-electron chi connectivity index (χ3n) is 3.95. The molecule has 2 unspecified atom stereocenters. The van der Waals surface area contributed by atoms with E-state index in [2.05, 4.69) is 42.3 Å². The van der Waals surface area contributed by atoms with Gasteiger partial charge in [0, 0.05) is 24.3 Å². The summed E-state index contributed by atoms with van der Waals surface area (Å²) in [5.74, 6) is 0.965. The summed E-state index contributed by atoms with van der Waals surface area (Å²) in [6, 6.07) is 7.61. The molecule has 1 aliphatic heterocycles. The van der Waals surface area contributed by atoms with Crippen LogP contribution in [0.1, 0.15) is 25.8 Å². The van der Waals surface area contributed by atoms with Crippen molar-refractivity contribution in [1.29, 1.82) is 0 Å². The third kappa shape index (κ3) is 2.46. The van der Waals surface area contributed by atoms with Crippen molar-refractivity contribution >= 4 is 5.69 Å². The Morgan fingerprint density at radius 1 is 1.50 bits per heavy atom. The molecule has 0 spiro atoms. The van der Waals surface area contributed by atoms with Crippen molar-refractivity contribution < 1.29 is 4.74 Å². The second-order valence-electron chi connectivity index (χ2n) is 5.06. The highest BCUT2D eigenvalue weighted by molar-refractivity contribution is 5.61. The van der Waals surface area contributed by atoms with Crippen LogP contribution in [0, 0.1) is 0 Å². The number of anilines is 1. The first kappa shape index (κ1) is 13.2. The van der Waals surface area contributed by atoms with Crippen LogP contribution >= 0.6 is 0 Å². The van der Waals surface area contributed by atoms with E-state index in [1.165, 1.54) is 17.7 Å². The largest absolute Gasteiger partial charge is 0.497 e. The van der Waals surface area contributed by atoms with E-state index in [9.17, 15) is 0 Å². The minimum Gasteiger partial charge on any atom is -0.497 e. The van der Waals surface area contributed by atoms with Gasteiger partial charge in [0.15, 0.2) is 0 Å². The molecule has 1 aromatic carbocycles. The van der Waals surface area contributed by atoms with Gasteiger partial charge in [0.05, 0.1) is 7.11 Å². The van der Waals surface area contributed by atoms with Gasteiger partial charge in [-0.2, -0.15) is 0 Å². The van der Waals surface area contributed by atoms with Gasteiger partial charge >= 0.3 is 0 Å². The number of nitrogens with zero attached hydrogens (tertiary/aromatic N) is 1. The van der Waals surface area contributed by atoms with Gasteiger partial charge in [-0.15, -0.1) is 0 Å². The molecule has 0 saturated carbocycles. The van der Waals surface area contributed by atoms with Crippen LogP contribution in [-0.2, 0) is 6.42 Å². The van der Waals surface area contributed by atoms with Crippen molar-refractivity contribution in [3.05, 3.63) is 23.8 Å². The first-order chi connectivity index (χ1) is 8.69. The quantitative estimate of drug-likeness (QED) is 0.866. The van der Waals surface area contributed by atoms with Crippen LogP contribution in [0.25, 0.3) is 0 Å². The molecule has 1 aliphatic rings. The van der Waals surface area contributed by atoms with Crippen LogP contribution in [0.5, 0.6) is 5.75 Å². The molecule has 2 atom stereocenters. The van der Waals surface area contributed by atoms with E-state index in [1.807, 2.05) is 7.05 Å². The molecule has 2 rings (SSSR count). The summed E-state index contributed by atoms with van der Waals surface area (Å²) in [5.41, 5.74) is 2.80. The van der Waals surface area contributed by atoms with Gasteiger partial charge in [-0.3, -0.25) is 0 Å². The topological polar surface area (TPSA) is 24.5 Å². The number of nitrogens with one attached hydrogen (secondary N) is 1. The van der Waals surface area contributed by atoms with Crippen LogP contribution in [0.2, 0.25) is 0 Å². The smallest absolute Gasteiger partial charge is 0.119 e. The highest BCUT2D eigenvalue weighted by Gasteiger charge is 2.29.